The van der Waals surface area contributed by atoms with Crippen LogP contribution in [0, 0.1) is 0 Å². The van der Waals surface area contributed by atoms with Gasteiger partial charge in [-0.2, -0.15) is 0 Å². The second kappa shape index (κ2) is 6.82. The number of nitrogens with two attached hydrogens (primary N) is 1. The first-order valence-electron chi connectivity index (χ1n) is 6.19. The van der Waals surface area contributed by atoms with Crippen molar-refractivity contribution < 1.29 is 9.53 Å². The number of carbonyl (C=O) groups excluding carboxylic acids is 1. The highest BCUT2D eigenvalue weighted by molar-refractivity contribution is 7.98. The molecule has 0 spiro atoms. The lowest BCUT2D eigenvalue weighted by Gasteiger charge is -2.21. The first-order chi connectivity index (χ1) is 8.83. The molecule has 1 aromatic rings. The monoisotopic (exact) mass is 282 g/mol. The molecule has 1 amide bonds. The number of alkyl carbamates (subject to hydrolysis) is 1. The summed E-state index contributed by atoms with van der Waals surface area (Å²) in [5.41, 5.74) is 6.64. The highest BCUT2D eigenvalue weighted by atomic mass is 32.2. The number of ether oxygens (including phenoxy) is 1. The summed E-state index contributed by atoms with van der Waals surface area (Å²) < 4.78 is 5.17. The van der Waals surface area contributed by atoms with Gasteiger partial charge < -0.3 is 15.8 Å². The van der Waals surface area contributed by atoms with Crippen LogP contribution in [0.1, 0.15) is 32.4 Å². The standard InChI is InChI=1S/C14H22N2O2S/c1-14(2,3)18-13(17)16-9-11(15)10-7-5-6-8-12(10)19-4/h5-8,11H,9,15H2,1-4H3,(H,16,17). The van der Waals surface area contributed by atoms with Gasteiger partial charge in [0.25, 0.3) is 0 Å². The van der Waals surface area contributed by atoms with Gasteiger partial charge in [-0.3, -0.25) is 0 Å². The minimum absolute atomic E-state index is 0.240. The maximum Gasteiger partial charge on any atom is 0.407 e. The lowest BCUT2D eigenvalue weighted by molar-refractivity contribution is 0.0524. The highest BCUT2D eigenvalue weighted by Gasteiger charge is 2.17. The summed E-state index contributed by atoms with van der Waals surface area (Å²) in [6.45, 7) is 5.84. The van der Waals surface area contributed by atoms with Crippen molar-refractivity contribution in [1.82, 2.24) is 5.32 Å². The summed E-state index contributed by atoms with van der Waals surface area (Å²) in [5, 5.41) is 2.69. The molecule has 0 radical (unpaired) electrons. The van der Waals surface area contributed by atoms with Gasteiger partial charge >= 0.3 is 6.09 Å². The van der Waals surface area contributed by atoms with Gasteiger partial charge in [0.2, 0.25) is 0 Å². The van der Waals surface area contributed by atoms with E-state index in [1.807, 2.05) is 51.3 Å². The molecule has 106 valence electrons. The molecule has 0 bridgehead atoms. The minimum Gasteiger partial charge on any atom is -0.444 e. The maximum atomic E-state index is 11.6. The molecule has 1 unspecified atom stereocenters. The van der Waals surface area contributed by atoms with Crippen LogP contribution in [0.25, 0.3) is 0 Å². The molecule has 0 heterocycles. The zero-order chi connectivity index (χ0) is 14.5. The Labute approximate surface area is 119 Å². The average Bonchev–Trinajstić information content (AvgIpc) is 2.33. The van der Waals surface area contributed by atoms with Gasteiger partial charge in [0.1, 0.15) is 5.60 Å². The zero-order valence-corrected chi connectivity index (χ0v) is 12.7. The van der Waals surface area contributed by atoms with Crippen molar-refractivity contribution in [2.75, 3.05) is 12.8 Å². The van der Waals surface area contributed by atoms with Crippen molar-refractivity contribution in [3.05, 3.63) is 29.8 Å². The molecule has 0 aliphatic rings. The minimum atomic E-state index is -0.495. The smallest absolute Gasteiger partial charge is 0.407 e. The second-order valence-electron chi connectivity index (χ2n) is 5.23. The van der Waals surface area contributed by atoms with Gasteiger partial charge in [0.15, 0.2) is 0 Å². The van der Waals surface area contributed by atoms with Gasteiger partial charge in [-0.1, -0.05) is 18.2 Å². The Morgan fingerprint density at radius 2 is 2.05 bits per heavy atom. The van der Waals surface area contributed by atoms with Crippen LogP contribution < -0.4 is 11.1 Å². The normalized spacial score (nSPS) is 12.9. The van der Waals surface area contributed by atoms with Crippen LogP contribution in [0.5, 0.6) is 0 Å². The fourth-order valence-corrected chi connectivity index (χ4v) is 2.26. The van der Waals surface area contributed by atoms with E-state index in [0.29, 0.717) is 6.54 Å². The van der Waals surface area contributed by atoms with Gasteiger partial charge in [0, 0.05) is 17.5 Å². The maximum absolute atomic E-state index is 11.6. The first kappa shape index (κ1) is 15.9. The number of benzene rings is 1. The van der Waals surface area contributed by atoms with E-state index in [-0.39, 0.29) is 6.04 Å². The van der Waals surface area contributed by atoms with Gasteiger partial charge in [0.05, 0.1) is 0 Å². The average molecular weight is 282 g/mol. The molecule has 0 aliphatic heterocycles. The van der Waals surface area contributed by atoms with Crippen LogP contribution in [0.3, 0.4) is 0 Å². The Balaban J connectivity index is 2.56. The van der Waals surface area contributed by atoms with Crippen LogP contribution in [-0.4, -0.2) is 24.5 Å². The lowest BCUT2D eigenvalue weighted by Crippen LogP contribution is -2.36. The molecule has 0 aromatic heterocycles. The third-order valence-corrected chi connectivity index (χ3v) is 3.22. The zero-order valence-electron chi connectivity index (χ0n) is 11.9. The lowest BCUT2D eigenvalue weighted by atomic mass is 10.1. The predicted molar refractivity (Wildman–Crippen MR) is 79.4 cm³/mol. The number of hydrogen-bond acceptors (Lipinski definition) is 4. The molecule has 1 atom stereocenters. The van der Waals surface area contributed by atoms with E-state index in [0.717, 1.165) is 10.5 Å². The third kappa shape index (κ3) is 5.53. The highest BCUT2D eigenvalue weighted by Crippen LogP contribution is 2.24. The number of rotatable bonds is 4. The van der Waals surface area contributed by atoms with Gasteiger partial charge in [-0.15, -0.1) is 11.8 Å². The van der Waals surface area contributed by atoms with E-state index >= 15 is 0 Å². The van der Waals surface area contributed by atoms with E-state index in [9.17, 15) is 4.79 Å². The quantitative estimate of drug-likeness (QED) is 0.833. The fourth-order valence-electron chi connectivity index (χ4n) is 1.59. The van der Waals surface area contributed by atoms with Crippen molar-refractivity contribution in [2.24, 2.45) is 5.73 Å². The van der Waals surface area contributed by atoms with Crippen molar-refractivity contribution in [3.8, 4) is 0 Å². The Morgan fingerprint density at radius 1 is 1.42 bits per heavy atom. The predicted octanol–water partition coefficient (Wildman–Crippen LogP) is 2.93. The van der Waals surface area contributed by atoms with E-state index in [4.69, 9.17) is 10.5 Å². The Hall–Kier alpha value is -1.20. The summed E-state index contributed by atoms with van der Waals surface area (Å²) in [6, 6.07) is 7.68. The van der Waals surface area contributed by atoms with Crippen LogP contribution in [0.2, 0.25) is 0 Å². The Bertz CT molecular complexity index is 430. The molecular formula is C14H22N2O2S. The summed E-state index contributed by atoms with van der Waals surface area (Å²) >= 11 is 1.64. The Kier molecular flexibility index (Phi) is 5.69. The number of thioether (sulfide) groups is 1. The third-order valence-electron chi connectivity index (χ3n) is 2.40. The summed E-state index contributed by atoms with van der Waals surface area (Å²) in [4.78, 5) is 12.7. The van der Waals surface area contributed by atoms with Crippen molar-refractivity contribution in [2.45, 2.75) is 37.3 Å². The molecule has 0 aliphatic carbocycles. The van der Waals surface area contributed by atoms with Crippen molar-refractivity contribution >= 4 is 17.9 Å². The second-order valence-corrected chi connectivity index (χ2v) is 6.08. The molecule has 0 fully saturated rings. The molecule has 19 heavy (non-hydrogen) atoms. The van der Waals surface area contributed by atoms with Crippen LogP contribution >= 0.6 is 11.8 Å². The number of carbonyl (C=O) groups is 1. The van der Waals surface area contributed by atoms with Gasteiger partial charge in [-0.25, -0.2) is 4.79 Å². The van der Waals surface area contributed by atoms with Crippen LogP contribution in [0.15, 0.2) is 29.2 Å². The molecule has 1 rings (SSSR count). The molecule has 1 aromatic carbocycles. The molecule has 4 nitrogen and oxygen atoms in total. The molecule has 0 saturated heterocycles. The number of hydrogen-bond donors (Lipinski definition) is 2. The van der Waals surface area contributed by atoms with Crippen LogP contribution in [-0.2, 0) is 4.74 Å². The van der Waals surface area contributed by atoms with Crippen molar-refractivity contribution in [3.63, 3.8) is 0 Å². The van der Waals surface area contributed by atoms with Crippen LogP contribution in [0.4, 0.5) is 4.79 Å². The van der Waals surface area contributed by atoms with E-state index in [1.54, 1.807) is 11.8 Å². The Morgan fingerprint density at radius 3 is 2.63 bits per heavy atom. The van der Waals surface area contributed by atoms with E-state index in [1.165, 1.54) is 0 Å². The topological polar surface area (TPSA) is 64.3 Å². The molecule has 5 heteroatoms. The summed E-state index contributed by atoms with van der Waals surface area (Å²) in [6.07, 6.45) is 1.57. The summed E-state index contributed by atoms with van der Waals surface area (Å²) in [7, 11) is 0. The molecule has 3 N–H and O–H groups in total. The van der Waals surface area contributed by atoms with Crippen molar-refractivity contribution in [1.29, 1.82) is 0 Å². The summed E-state index contributed by atoms with van der Waals surface area (Å²) in [5.74, 6) is 0. The number of amides is 1. The SMILES string of the molecule is CSc1ccccc1C(N)CNC(=O)OC(C)(C)C. The first-order valence-corrected chi connectivity index (χ1v) is 7.41. The molecular weight excluding hydrogens is 260 g/mol. The molecule has 0 saturated carbocycles. The fraction of sp³-hybridized carbons (Fsp3) is 0.500. The largest absolute Gasteiger partial charge is 0.444 e. The van der Waals surface area contributed by atoms with E-state index < -0.39 is 11.7 Å². The van der Waals surface area contributed by atoms with E-state index in [2.05, 4.69) is 5.32 Å². The number of nitrogens with one attached hydrogen (secondary N) is 1. The van der Waals surface area contributed by atoms with Gasteiger partial charge in [-0.05, 0) is 38.7 Å².